The number of rotatable bonds is 13. The molecule has 1 N–H and O–H groups in total. The van der Waals surface area contributed by atoms with Gasteiger partial charge in [-0.1, -0.05) is 99.7 Å². The number of benzene rings is 3. The third-order valence-corrected chi connectivity index (χ3v) is 6.11. The minimum Gasteiger partial charge on any atom is -0.507 e. The minimum absolute atomic E-state index is 0.109. The molecule has 36 heavy (non-hydrogen) atoms. The van der Waals surface area contributed by atoms with E-state index in [1.807, 2.05) is 48.5 Å². The fourth-order valence-corrected chi connectivity index (χ4v) is 4.17. The summed E-state index contributed by atoms with van der Waals surface area (Å²) in [6.45, 7) is 2.88. The van der Waals surface area contributed by atoms with E-state index in [2.05, 4.69) is 31.2 Å². The first-order chi connectivity index (χ1) is 17.7. The van der Waals surface area contributed by atoms with Crippen molar-refractivity contribution in [1.29, 1.82) is 0 Å². The molecule has 1 aromatic heterocycles. The first kappa shape index (κ1) is 25.4. The fraction of sp³-hybridized carbons (Fsp3) is 0.323. The summed E-state index contributed by atoms with van der Waals surface area (Å²) in [5.41, 5.74) is 2.83. The Balaban J connectivity index is 1.51. The van der Waals surface area contributed by atoms with Crippen LogP contribution in [0.5, 0.6) is 11.5 Å². The molecule has 4 rings (SSSR count). The first-order valence-electron chi connectivity index (χ1n) is 13.0. The lowest BCUT2D eigenvalue weighted by molar-refractivity contribution is 0.303. The summed E-state index contributed by atoms with van der Waals surface area (Å²) in [4.78, 5) is 14.2. The van der Waals surface area contributed by atoms with Crippen LogP contribution in [-0.4, -0.2) is 26.7 Å². The molecule has 186 valence electrons. The van der Waals surface area contributed by atoms with Gasteiger partial charge in [0.1, 0.15) is 23.1 Å². The predicted molar refractivity (Wildman–Crippen MR) is 144 cm³/mol. The third kappa shape index (κ3) is 7.64. The molecule has 0 spiro atoms. The van der Waals surface area contributed by atoms with E-state index < -0.39 is 0 Å². The Morgan fingerprint density at radius 3 is 1.83 bits per heavy atom. The van der Waals surface area contributed by atoms with Crippen LogP contribution >= 0.6 is 0 Å². The van der Waals surface area contributed by atoms with Crippen LogP contribution in [0.25, 0.3) is 11.4 Å². The van der Waals surface area contributed by atoms with Crippen LogP contribution in [0.4, 0.5) is 0 Å². The maximum Gasteiger partial charge on any atom is 0.167 e. The van der Waals surface area contributed by atoms with Gasteiger partial charge in [0.25, 0.3) is 0 Å². The van der Waals surface area contributed by atoms with Crippen LogP contribution in [0.15, 0.2) is 78.9 Å². The van der Waals surface area contributed by atoms with Gasteiger partial charge in [-0.3, -0.25) is 0 Å². The fourth-order valence-electron chi connectivity index (χ4n) is 4.17. The van der Waals surface area contributed by atoms with Gasteiger partial charge in [0.05, 0.1) is 12.2 Å². The zero-order valence-electron chi connectivity index (χ0n) is 21.1. The average molecular weight is 482 g/mol. The lowest BCUT2D eigenvalue weighted by Crippen LogP contribution is -2.07. The molecule has 0 atom stereocenters. The Kier molecular flexibility index (Phi) is 9.43. The Morgan fingerprint density at radius 1 is 0.667 bits per heavy atom. The smallest absolute Gasteiger partial charge is 0.167 e. The number of ether oxygens (including phenoxy) is 1. The molecule has 5 nitrogen and oxygen atoms in total. The number of unbranched alkanes of at least 4 members (excludes halogenated alkanes) is 5. The summed E-state index contributed by atoms with van der Waals surface area (Å²) in [5.74, 6) is 2.60. The van der Waals surface area contributed by atoms with E-state index in [4.69, 9.17) is 19.7 Å². The number of aromatic nitrogens is 3. The Hall–Kier alpha value is -3.73. The molecule has 4 aromatic rings. The third-order valence-electron chi connectivity index (χ3n) is 6.11. The van der Waals surface area contributed by atoms with Crippen molar-refractivity contribution >= 4 is 0 Å². The van der Waals surface area contributed by atoms with E-state index in [9.17, 15) is 5.11 Å². The van der Waals surface area contributed by atoms with Crippen molar-refractivity contribution in [2.24, 2.45) is 0 Å². The number of phenols is 1. The van der Waals surface area contributed by atoms with E-state index >= 15 is 0 Å². The molecule has 0 unspecified atom stereocenters. The van der Waals surface area contributed by atoms with Crippen molar-refractivity contribution < 1.29 is 9.84 Å². The van der Waals surface area contributed by atoms with Gasteiger partial charge < -0.3 is 9.84 Å². The van der Waals surface area contributed by atoms with Crippen molar-refractivity contribution in [3.8, 4) is 22.9 Å². The summed E-state index contributed by atoms with van der Waals surface area (Å²) in [6.07, 6.45) is 8.47. The number of phenolic OH excluding ortho intramolecular Hbond substituents is 1. The molecular weight excluding hydrogens is 446 g/mol. The van der Waals surface area contributed by atoms with Crippen LogP contribution in [-0.2, 0) is 12.8 Å². The van der Waals surface area contributed by atoms with Gasteiger partial charge in [0.2, 0.25) is 0 Å². The second-order valence-corrected chi connectivity index (χ2v) is 9.11. The van der Waals surface area contributed by atoms with Crippen molar-refractivity contribution in [2.75, 3.05) is 6.61 Å². The summed E-state index contributed by atoms with van der Waals surface area (Å²) in [5, 5.41) is 10.8. The Morgan fingerprint density at radius 2 is 1.25 bits per heavy atom. The highest BCUT2D eigenvalue weighted by atomic mass is 16.5. The highest BCUT2D eigenvalue weighted by molar-refractivity contribution is 5.65. The summed E-state index contributed by atoms with van der Waals surface area (Å²) >= 11 is 0. The molecule has 0 amide bonds. The second-order valence-electron chi connectivity index (χ2n) is 9.11. The normalized spacial score (nSPS) is 10.9. The number of hydrogen-bond donors (Lipinski definition) is 1. The van der Waals surface area contributed by atoms with Crippen molar-refractivity contribution in [2.45, 2.75) is 58.3 Å². The molecule has 0 fully saturated rings. The molecule has 0 bridgehead atoms. The number of hydrogen-bond acceptors (Lipinski definition) is 5. The lowest BCUT2D eigenvalue weighted by Gasteiger charge is -2.11. The molecule has 3 aromatic carbocycles. The van der Waals surface area contributed by atoms with Gasteiger partial charge in [0, 0.05) is 18.9 Å². The van der Waals surface area contributed by atoms with Crippen LogP contribution in [0.3, 0.4) is 0 Å². The lowest BCUT2D eigenvalue weighted by atomic mass is 10.1. The summed E-state index contributed by atoms with van der Waals surface area (Å²) in [7, 11) is 0. The maximum absolute atomic E-state index is 10.8. The molecule has 0 aliphatic rings. The second kappa shape index (κ2) is 13.4. The summed E-state index contributed by atoms with van der Waals surface area (Å²) < 4.78 is 5.88. The summed E-state index contributed by atoms with van der Waals surface area (Å²) in [6, 6.07) is 25.7. The van der Waals surface area contributed by atoms with Gasteiger partial charge >= 0.3 is 0 Å². The zero-order valence-corrected chi connectivity index (χ0v) is 21.1. The number of aromatic hydroxyl groups is 1. The topological polar surface area (TPSA) is 68.1 Å². The molecule has 1 heterocycles. The molecule has 0 aliphatic carbocycles. The SMILES string of the molecule is CCCCCCCCOc1ccc(-c2nc(Cc3ccccc3)nc(Cc3ccccc3)n2)c(O)c1. The average Bonchev–Trinajstić information content (AvgIpc) is 2.89. The van der Waals surface area contributed by atoms with E-state index in [0.717, 1.165) is 17.5 Å². The van der Waals surface area contributed by atoms with Gasteiger partial charge in [-0.05, 0) is 29.7 Å². The van der Waals surface area contributed by atoms with Crippen LogP contribution in [0.2, 0.25) is 0 Å². The van der Waals surface area contributed by atoms with Crippen molar-refractivity contribution in [3.05, 3.63) is 102 Å². The molecule has 0 saturated heterocycles. The van der Waals surface area contributed by atoms with E-state index in [-0.39, 0.29) is 5.75 Å². The highest BCUT2D eigenvalue weighted by Gasteiger charge is 2.14. The van der Waals surface area contributed by atoms with Gasteiger partial charge in [-0.2, -0.15) is 0 Å². The molecule has 0 saturated carbocycles. The Labute approximate surface area is 214 Å². The predicted octanol–water partition coefficient (Wildman–Crippen LogP) is 7.17. The van der Waals surface area contributed by atoms with Crippen molar-refractivity contribution in [1.82, 2.24) is 15.0 Å². The first-order valence-corrected chi connectivity index (χ1v) is 13.0. The van der Waals surface area contributed by atoms with Crippen LogP contribution in [0.1, 0.15) is 68.2 Å². The van der Waals surface area contributed by atoms with Crippen LogP contribution in [0, 0.1) is 0 Å². The van der Waals surface area contributed by atoms with Gasteiger partial charge in [-0.15, -0.1) is 0 Å². The standard InChI is InChI=1S/C31H35N3O2/c1-2-3-4-5-6-13-20-36-26-18-19-27(28(35)23-26)31-33-29(21-24-14-9-7-10-15-24)32-30(34-31)22-25-16-11-8-12-17-25/h7-12,14-19,23,35H,2-6,13,20-22H2,1H3. The molecular formula is C31H35N3O2. The largest absolute Gasteiger partial charge is 0.507 e. The van der Waals surface area contributed by atoms with Gasteiger partial charge in [0.15, 0.2) is 5.82 Å². The Bertz CT molecular complexity index is 1150. The monoisotopic (exact) mass is 481 g/mol. The maximum atomic E-state index is 10.8. The van der Waals surface area contributed by atoms with Crippen LogP contribution < -0.4 is 4.74 Å². The molecule has 0 aliphatic heterocycles. The molecule has 0 radical (unpaired) electrons. The van der Waals surface area contributed by atoms with Crippen molar-refractivity contribution in [3.63, 3.8) is 0 Å². The zero-order chi connectivity index (χ0) is 25.0. The van der Waals surface area contributed by atoms with E-state index in [1.54, 1.807) is 6.07 Å². The van der Waals surface area contributed by atoms with E-state index in [1.165, 1.54) is 32.1 Å². The number of nitrogens with zero attached hydrogens (tertiary/aromatic N) is 3. The molecule has 5 heteroatoms. The van der Waals surface area contributed by atoms with Gasteiger partial charge in [-0.25, -0.2) is 15.0 Å². The minimum atomic E-state index is 0.109. The quantitative estimate of drug-likeness (QED) is 0.205. The van der Waals surface area contributed by atoms with E-state index in [0.29, 0.717) is 48.2 Å². The highest BCUT2D eigenvalue weighted by Crippen LogP contribution is 2.31.